The molecule has 1 rings (SSSR count). The van der Waals surface area contributed by atoms with Crippen molar-refractivity contribution in [3.8, 4) is 0 Å². The van der Waals surface area contributed by atoms with Crippen molar-refractivity contribution in [2.45, 2.75) is 25.2 Å². The Morgan fingerprint density at radius 2 is 2.33 bits per heavy atom. The lowest BCUT2D eigenvalue weighted by molar-refractivity contribution is -0.109. The molecule has 9 heavy (non-hydrogen) atoms. The van der Waals surface area contributed by atoms with Gasteiger partial charge in [-0.15, -0.1) is 0 Å². The highest BCUT2D eigenvalue weighted by atomic mass is 28.3. The van der Waals surface area contributed by atoms with Crippen LogP contribution in [0.5, 0.6) is 0 Å². The Hall–Kier alpha value is -0.153. The third kappa shape index (κ3) is 1.63. The molecule has 1 aliphatic heterocycles. The fraction of sp³-hybridized carbons (Fsp3) is 0.833. The average Bonchev–Trinajstić information content (AvgIpc) is 2.10. The minimum absolute atomic E-state index is 0.173. The number of carbonyl (C=O) groups is 1. The van der Waals surface area contributed by atoms with Gasteiger partial charge in [0, 0.05) is 0 Å². The van der Waals surface area contributed by atoms with E-state index in [4.69, 9.17) is 0 Å². The van der Waals surface area contributed by atoms with Crippen LogP contribution in [0.15, 0.2) is 0 Å². The van der Waals surface area contributed by atoms with Gasteiger partial charge >= 0.3 is 0 Å². The van der Waals surface area contributed by atoms with Gasteiger partial charge in [-0.2, -0.15) is 0 Å². The highest BCUT2D eigenvalue weighted by Crippen LogP contribution is 2.16. The van der Waals surface area contributed by atoms with Gasteiger partial charge in [-0.1, -0.05) is 13.1 Å². The second kappa shape index (κ2) is 2.23. The van der Waals surface area contributed by atoms with Crippen molar-refractivity contribution in [2.75, 3.05) is 6.17 Å². The summed E-state index contributed by atoms with van der Waals surface area (Å²) in [5, 5.41) is 3.19. The number of carbonyl (C=O) groups excluding carboxylic acids is 1. The first-order chi connectivity index (χ1) is 4.14. The molecule has 0 bridgehead atoms. The number of hydrogen-bond donors (Lipinski definition) is 1. The Bertz CT molecular complexity index is 124. The van der Waals surface area contributed by atoms with Crippen molar-refractivity contribution in [1.29, 1.82) is 0 Å². The second-order valence-corrected chi connectivity index (χ2v) is 8.58. The number of aldehydes is 1. The first-order valence-electron chi connectivity index (χ1n) is 3.33. The summed E-state index contributed by atoms with van der Waals surface area (Å²) in [6.45, 7) is 4.62. The molecule has 52 valence electrons. The van der Waals surface area contributed by atoms with Gasteiger partial charge in [-0.05, 0) is 12.2 Å². The lowest BCUT2D eigenvalue weighted by Gasteiger charge is -2.10. The van der Waals surface area contributed by atoms with E-state index < -0.39 is 8.07 Å². The van der Waals surface area contributed by atoms with E-state index in [1.165, 1.54) is 0 Å². The molecule has 1 heterocycles. The summed E-state index contributed by atoms with van der Waals surface area (Å²) in [4.78, 5) is 10.3. The molecule has 1 N–H and O–H groups in total. The summed E-state index contributed by atoms with van der Waals surface area (Å²) in [7, 11) is -0.967. The summed E-state index contributed by atoms with van der Waals surface area (Å²) in [6, 6.07) is 1.29. The first kappa shape index (κ1) is 6.96. The summed E-state index contributed by atoms with van der Waals surface area (Å²) < 4.78 is 0. The van der Waals surface area contributed by atoms with Crippen molar-refractivity contribution < 1.29 is 4.79 Å². The standard InChI is InChI=1S/C6H13NOSi/c1-9(2)4-6(3-8)7-5-9/h3,6-7H,4-5H2,1-2H3. The summed E-state index contributed by atoms with van der Waals surface area (Å²) in [5.41, 5.74) is 0. The van der Waals surface area contributed by atoms with Crippen LogP contribution in [-0.4, -0.2) is 26.6 Å². The van der Waals surface area contributed by atoms with Crippen molar-refractivity contribution in [1.82, 2.24) is 5.32 Å². The maximum absolute atomic E-state index is 10.3. The monoisotopic (exact) mass is 143 g/mol. The zero-order valence-corrected chi connectivity index (χ0v) is 6.98. The molecule has 2 nitrogen and oxygen atoms in total. The molecule has 0 radical (unpaired) electrons. The molecular weight excluding hydrogens is 130 g/mol. The van der Waals surface area contributed by atoms with Crippen molar-refractivity contribution in [3.63, 3.8) is 0 Å². The second-order valence-electron chi connectivity index (χ2n) is 3.49. The molecule has 1 unspecified atom stereocenters. The lowest BCUT2D eigenvalue weighted by atomic mass is 10.4. The topological polar surface area (TPSA) is 29.1 Å². The van der Waals surface area contributed by atoms with E-state index in [2.05, 4.69) is 18.4 Å². The molecule has 0 saturated carbocycles. The first-order valence-corrected chi connectivity index (χ1v) is 6.74. The number of rotatable bonds is 1. The average molecular weight is 143 g/mol. The van der Waals surface area contributed by atoms with Crippen LogP contribution in [0.4, 0.5) is 0 Å². The molecule has 0 aromatic carbocycles. The van der Waals surface area contributed by atoms with Gasteiger partial charge in [0.15, 0.2) is 0 Å². The summed E-state index contributed by atoms with van der Waals surface area (Å²) >= 11 is 0. The van der Waals surface area contributed by atoms with Gasteiger partial charge in [0.25, 0.3) is 0 Å². The lowest BCUT2D eigenvalue weighted by Crippen LogP contribution is -2.28. The van der Waals surface area contributed by atoms with Crippen molar-refractivity contribution in [3.05, 3.63) is 0 Å². The van der Waals surface area contributed by atoms with E-state index in [0.717, 1.165) is 18.5 Å². The largest absolute Gasteiger partial charge is 0.311 e. The highest BCUT2D eigenvalue weighted by Gasteiger charge is 2.31. The van der Waals surface area contributed by atoms with E-state index in [9.17, 15) is 4.79 Å². The molecule has 3 heteroatoms. The molecule has 1 aliphatic rings. The normalized spacial score (nSPS) is 32.4. The van der Waals surface area contributed by atoms with E-state index in [1.807, 2.05) is 0 Å². The molecule has 0 aromatic heterocycles. The Morgan fingerprint density at radius 1 is 1.67 bits per heavy atom. The van der Waals surface area contributed by atoms with Crippen LogP contribution in [0.1, 0.15) is 0 Å². The summed E-state index contributed by atoms with van der Waals surface area (Å²) in [6.07, 6.45) is 2.14. The van der Waals surface area contributed by atoms with E-state index in [1.54, 1.807) is 0 Å². The van der Waals surface area contributed by atoms with Crippen molar-refractivity contribution in [2.24, 2.45) is 0 Å². The van der Waals surface area contributed by atoms with Crippen LogP contribution in [0.3, 0.4) is 0 Å². The number of nitrogens with one attached hydrogen (secondary N) is 1. The Kier molecular flexibility index (Phi) is 1.72. The van der Waals surface area contributed by atoms with E-state index in [0.29, 0.717) is 0 Å². The molecule has 0 amide bonds. The van der Waals surface area contributed by atoms with Crippen LogP contribution in [-0.2, 0) is 4.79 Å². The fourth-order valence-corrected chi connectivity index (χ4v) is 3.63. The van der Waals surface area contributed by atoms with Gasteiger partial charge in [-0.25, -0.2) is 0 Å². The highest BCUT2D eigenvalue weighted by molar-refractivity contribution is 6.78. The van der Waals surface area contributed by atoms with E-state index >= 15 is 0 Å². The zero-order chi connectivity index (χ0) is 6.91. The SMILES string of the molecule is C[Si]1(C)CNC(C=O)C1. The smallest absolute Gasteiger partial charge is 0.136 e. The number of hydrogen-bond acceptors (Lipinski definition) is 2. The third-order valence-corrected chi connectivity index (χ3v) is 4.49. The third-order valence-electron chi connectivity index (χ3n) is 1.78. The van der Waals surface area contributed by atoms with Gasteiger partial charge in [0.1, 0.15) is 6.29 Å². The summed E-state index contributed by atoms with van der Waals surface area (Å²) in [5.74, 6) is 0. The van der Waals surface area contributed by atoms with Crippen LogP contribution < -0.4 is 5.32 Å². The van der Waals surface area contributed by atoms with Crippen molar-refractivity contribution >= 4 is 14.4 Å². The molecule has 1 saturated heterocycles. The minimum Gasteiger partial charge on any atom is -0.311 e. The Labute approximate surface area is 56.7 Å². The quantitative estimate of drug-likeness (QED) is 0.425. The van der Waals surface area contributed by atoms with Crippen LogP contribution in [0.25, 0.3) is 0 Å². The molecule has 1 atom stereocenters. The van der Waals surface area contributed by atoms with Gasteiger partial charge in [0.2, 0.25) is 0 Å². The predicted molar refractivity (Wildman–Crippen MR) is 40.1 cm³/mol. The van der Waals surface area contributed by atoms with Gasteiger partial charge in [-0.3, -0.25) is 0 Å². The molecule has 1 fully saturated rings. The molecular formula is C6H13NOSi. The molecule has 0 aromatic rings. The fourth-order valence-electron chi connectivity index (χ4n) is 1.24. The van der Waals surface area contributed by atoms with E-state index in [-0.39, 0.29) is 6.04 Å². The van der Waals surface area contributed by atoms with Crippen LogP contribution >= 0.6 is 0 Å². The molecule has 0 spiro atoms. The molecule has 0 aliphatic carbocycles. The van der Waals surface area contributed by atoms with Crippen LogP contribution in [0.2, 0.25) is 19.1 Å². The van der Waals surface area contributed by atoms with Gasteiger partial charge < -0.3 is 10.1 Å². The van der Waals surface area contributed by atoms with Gasteiger partial charge in [0.05, 0.1) is 14.1 Å². The van der Waals surface area contributed by atoms with Crippen LogP contribution in [0, 0.1) is 0 Å². The maximum atomic E-state index is 10.3. The maximum Gasteiger partial charge on any atom is 0.136 e. The minimum atomic E-state index is -0.967. The Balaban J connectivity index is 2.47. The zero-order valence-electron chi connectivity index (χ0n) is 5.98. The Morgan fingerprint density at radius 3 is 2.56 bits per heavy atom. The predicted octanol–water partition coefficient (Wildman–Crippen LogP) is 0.405.